The van der Waals surface area contributed by atoms with E-state index in [1.54, 1.807) is 6.20 Å². The Morgan fingerprint density at radius 1 is 1.07 bits per heavy atom. The summed E-state index contributed by atoms with van der Waals surface area (Å²) in [7, 11) is 0. The summed E-state index contributed by atoms with van der Waals surface area (Å²) in [5.74, 6) is 0.678. The number of benzene rings is 2. The molecule has 0 bridgehead atoms. The number of carbonyl (C=O) groups excluding carboxylic acids is 1. The fourth-order valence-corrected chi connectivity index (χ4v) is 3.27. The van der Waals surface area contributed by atoms with E-state index in [4.69, 9.17) is 4.74 Å². The number of aromatic nitrogens is 2. The van der Waals surface area contributed by atoms with Gasteiger partial charge in [0.25, 0.3) is 0 Å². The summed E-state index contributed by atoms with van der Waals surface area (Å²) in [5.41, 5.74) is 1.83. The lowest BCUT2D eigenvalue weighted by atomic mass is 10.0. The first-order valence-corrected chi connectivity index (χ1v) is 9.17. The van der Waals surface area contributed by atoms with Crippen molar-refractivity contribution in [3.8, 4) is 0 Å². The van der Waals surface area contributed by atoms with E-state index < -0.39 is 0 Å². The first-order chi connectivity index (χ1) is 13.3. The monoisotopic (exact) mass is 362 g/mol. The minimum Gasteiger partial charge on any atom is -0.378 e. The van der Waals surface area contributed by atoms with Crippen LogP contribution in [0.4, 0.5) is 5.95 Å². The van der Waals surface area contributed by atoms with E-state index in [0.29, 0.717) is 32.1 Å². The van der Waals surface area contributed by atoms with E-state index in [1.807, 2.05) is 30.3 Å². The fourth-order valence-electron chi connectivity index (χ4n) is 3.27. The molecule has 2 heterocycles. The van der Waals surface area contributed by atoms with Gasteiger partial charge >= 0.3 is 0 Å². The summed E-state index contributed by atoms with van der Waals surface area (Å²) in [4.78, 5) is 23.4. The molecule has 4 rings (SSSR count). The average Bonchev–Trinajstić information content (AvgIpc) is 2.73. The van der Waals surface area contributed by atoms with E-state index in [9.17, 15) is 4.79 Å². The molecule has 27 heavy (non-hydrogen) atoms. The highest BCUT2D eigenvalue weighted by Crippen LogP contribution is 2.19. The van der Waals surface area contributed by atoms with Gasteiger partial charge in [-0.3, -0.25) is 4.79 Å². The Labute approximate surface area is 158 Å². The molecule has 0 unspecified atom stereocenters. The second kappa shape index (κ2) is 8.14. The minimum absolute atomic E-state index is 0.0158. The van der Waals surface area contributed by atoms with Crippen molar-refractivity contribution >= 4 is 22.6 Å². The quantitative estimate of drug-likeness (QED) is 0.754. The van der Waals surface area contributed by atoms with E-state index in [2.05, 4.69) is 38.4 Å². The van der Waals surface area contributed by atoms with Crippen LogP contribution < -0.4 is 10.2 Å². The molecule has 1 saturated heterocycles. The van der Waals surface area contributed by atoms with Gasteiger partial charge < -0.3 is 15.0 Å². The second-order valence-electron chi connectivity index (χ2n) is 6.54. The smallest absolute Gasteiger partial charge is 0.225 e. The number of anilines is 1. The molecule has 6 nitrogen and oxygen atoms in total. The van der Waals surface area contributed by atoms with Gasteiger partial charge in [-0.15, -0.1) is 0 Å². The first kappa shape index (κ1) is 17.4. The van der Waals surface area contributed by atoms with Crippen LogP contribution in [-0.4, -0.2) is 42.2 Å². The number of nitrogens with one attached hydrogen (secondary N) is 1. The van der Waals surface area contributed by atoms with Gasteiger partial charge in [0.1, 0.15) is 0 Å². The van der Waals surface area contributed by atoms with Gasteiger partial charge in [0.2, 0.25) is 11.9 Å². The van der Waals surface area contributed by atoms with Crippen molar-refractivity contribution in [2.24, 2.45) is 0 Å². The van der Waals surface area contributed by atoms with Crippen molar-refractivity contribution in [1.29, 1.82) is 0 Å². The fraction of sp³-hybridized carbons (Fsp3) is 0.286. The predicted molar refractivity (Wildman–Crippen MR) is 105 cm³/mol. The Kier molecular flexibility index (Phi) is 5.25. The lowest BCUT2D eigenvalue weighted by Gasteiger charge is -2.26. The molecule has 1 aliphatic heterocycles. The van der Waals surface area contributed by atoms with Gasteiger partial charge in [-0.25, -0.2) is 9.97 Å². The van der Waals surface area contributed by atoms with Crippen molar-refractivity contribution < 1.29 is 9.53 Å². The summed E-state index contributed by atoms with van der Waals surface area (Å²) in [5, 5.41) is 5.23. The van der Waals surface area contributed by atoms with E-state index in [0.717, 1.165) is 35.1 Å². The molecule has 0 saturated carbocycles. The van der Waals surface area contributed by atoms with Crippen LogP contribution in [0.2, 0.25) is 0 Å². The number of morpholine rings is 1. The molecule has 6 heteroatoms. The molecule has 1 aromatic heterocycles. The van der Waals surface area contributed by atoms with Crippen LogP contribution >= 0.6 is 0 Å². The third kappa shape index (κ3) is 4.23. The molecule has 1 amide bonds. The topological polar surface area (TPSA) is 67.4 Å². The maximum absolute atomic E-state index is 12.4. The lowest BCUT2D eigenvalue weighted by molar-refractivity contribution is -0.120. The molecule has 3 aromatic rings. The van der Waals surface area contributed by atoms with Crippen LogP contribution in [0.15, 0.2) is 54.7 Å². The first-order valence-electron chi connectivity index (χ1n) is 9.17. The molecule has 1 aliphatic rings. The minimum atomic E-state index is -0.0158. The van der Waals surface area contributed by atoms with Crippen molar-refractivity contribution in [1.82, 2.24) is 15.3 Å². The summed E-state index contributed by atoms with van der Waals surface area (Å²) in [6.45, 7) is 3.35. The Hall–Kier alpha value is -2.99. The SMILES string of the molecule is O=C(Cc1cccc2ccccc12)NCc1ccnc(N2CCOCC2)n1. The molecule has 2 aromatic carbocycles. The van der Waals surface area contributed by atoms with Crippen LogP contribution in [0.1, 0.15) is 11.3 Å². The Bertz CT molecular complexity index is 933. The Morgan fingerprint density at radius 3 is 2.78 bits per heavy atom. The van der Waals surface area contributed by atoms with Crippen molar-refractivity contribution in [2.45, 2.75) is 13.0 Å². The van der Waals surface area contributed by atoms with E-state index in [-0.39, 0.29) is 5.91 Å². The Balaban J connectivity index is 1.39. The predicted octanol–water partition coefficient (Wildman–Crippen LogP) is 2.33. The molecule has 0 radical (unpaired) electrons. The van der Waals surface area contributed by atoms with Gasteiger partial charge in [-0.2, -0.15) is 0 Å². The van der Waals surface area contributed by atoms with E-state index in [1.165, 1.54) is 0 Å². The molecular weight excluding hydrogens is 340 g/mol. The maximum atomic E-state index is 12.4. The standard InChI is InChI=1S/C21H22N4O2/c26-20(14-17-6-3-5-16-4-1-2-7-19(16)17)23-15-18-8-9-22-21(24-18)25-10-12-27-13-11-25/h1-9H,10-15H2,(H,23,26). The number of nitrogens with zero attached hydrogens (tertiary/aromatic N) is 3. The molecule has 1 N–H and O–H groups in total. The van der Waals surface area contributed by atoms with Gasteiger partial charge in [0.05, 0.1) is 31.9 Å². The summed E-state index contributed by atoms with van der Waals surface area (Å²) < 4.78 is 5.36. The van der Waals surface area contributed by atoms with Crippen LogP contribution in [0.25, 0.3) is 10.8 Å². The maximum Gasteiger partial charge on any atom is 0.225 e. The largest absolute Gasteiger partial charge is 0.378 e. The number of hydrogen-bond donors (Lipinski definition) is 1. The molecule has 1 fully saturated rings. The highest BCUT2D eigenvalue weighted by Gasteiger charge is 2.14. The normalized spacial score (nSPS) is 14.3. The summed E-state index contributed by atoms with van der Waals surface area (Å²) in [6, 6.07) is 16.0. The highest BCUT2D eigenvalue weighted by molar-refractivity contribution is 5.90. The summed E-state index contributed by atoms with van der Waals surface area (Å²) >= 11 is 0. The van der Waals surface area contributed by atoms with E-state index >= 15 is 0 Å². The number of hydrogen-bond acceptors (Lipinski definition) is 5. The van der Waals surface area contributed by atoms with Crippen molar-refractivity contribution in [2.75, 3.05) is 31.2 Å². The molecule has 0 aliphatic carbocycles. The molecule has 0 atom stereocenters. The van der Waals surface area contributed by atoms with Gasteiger partial charge in [-0.05, 0) is 22.4 Å². The number of amides is 1. The number of ether oxygens (including phenoxy) is 1. The molecule has 0 spiro atoms. The van der Waals surface area contributed by atoms with Crippen molar-refractivity contribution in [3.05, 3.63) is 66.0 Å². The number of fused-ring (bicyclic) bond motifs is 1. The molecular formula is C21H22N4O2. The average molecular weight is 362 g/mol. The van der Waals surface area contributed by atoms with Gasteiger partial charge in [0.15, 0.2) is 0 Å². The van der Waals surface area contributed by atoms with Crippen LogP contribution in [0.3, 0.4) is 0 Å². The summed E-state index contributed by atoms with van der Waals surface area (Å²) in [6.07, 6.45) is 2.09. The van der Waals surface area contributed by atoms with Crippen LogP contribution in [0, 0.1) is 0 Å². The highest BCUT2D eigenvalue weighted by atomic mass is 16.5. The zero-order chi connectivity index (χ0) is 18.5. The molecule has 138 valence electrons. The third-order valence-corrected chi connectivity index (χ3v) is 4.69. The zero-order valence-corrected chi connectivity index (χ0v) is 15.1. The van der Waals surface area contributed by atoms with Crippen LogP contribution in [-0.2, 0) is 22.5 Å². The second-order valence-corrected chi connectivity index (χ2v) is 6.54. The lowest BCUT2D eigenvalue weighted by Crippen LogP contribution is -2.37. The Morgan fingerprint density at radius 2 is 1.89 bits per heavy atom. The number of carbonyl (C=O) groups is 1. The van der Waals surface area contributed by atoms with Gasteiger partial charge in [0, 0.05) is 19.3 Å². The third-order valence-electron chi connectivity index (χ3n) is 4.69. The zero-order valence-electron chi connectivity index (χ0n) is 15.1. The van der Waals surface area contributed by atoms with Gasteiger partial charge in [-0.1, -0.05) is 42.5 Å². The number of rotatable bonds is 5. The van der Waals surface area contributed by atoms with Crippen LogP contribution in [0.5, 0.6) is 0 Å². The van der Waals surface area contributed by atoms with Crippen molar-refractivity contribution in [3.63, 3.8) is 0 Å².